The molecule has 2 heterocycles. The van der Waals surface area contributed by atoms with Crippen LogP contribution in [0.25, 0.3) is 0 Å². The smallest absolute Gasteiger partial charge is 0.257 e. The molecule has 7 nitrogen and oxygen atoms in total. The monoisotopic (exact) mass is 277 g/mol. The first-order chi connectivity index (χ1) is 9.58. The molecule has 0 saturated carbocycles. The molecule has 0 saturated heterocycles. The molecule has 0 atom stereocenters. The van der Waals surface area contributed by atoms with Gasteiger partial charge in [0.1, 0.15) is 17.1 Å². The number of nitrogens with zero attached hydrogens (tertiary/aromatic N) is 1. The summed E-state index contributed by atoms with van der Waals surface area (Å²) in [6.45, 7) is 3.48. The van der Waals surface area contributed by atoms with Gasteiger partial charge in [0.2, 0.25) is 5.91 Å². The van der Waals surface area contributed by atoms with E-state index in [1.807, 2.05) is 0 Å². The highest BCUT2D eigenvalue weighted by Gasteiger charge is 2.17. The normalized spacial score (nSPS) is 10.3. The molecule has 0 aromatic carbocycles. The lowest BCUT2D eigenvalue weighted by Gasteiger charge is -2.05. The zero-order valence-electron chi connectivity index (χ0n) is 11.2. The van der Waals surface area contributed by atoms with Gasteiger partial charge >= 0.3 is 0 Å². The van der Waals surface area contributed by atoms with Gasteiger partial charge in [0.25, 0.3) is 5.91 Å². The van der Waals surface area contributed by atoms with E-state index < -0.39 is 0 Å². The molecular formula is C13H15N3O4. The summed E-state index contributed by atoms with van der Waals surface area (Å²) in [6.07, 6.45) is 1.53. The van der Waals surface area contributed by atoms with Crippen molar-refractivity contribution in [2.45, 2.75) is 20.4 Å². The highest BCUT2D eigenvalue weighted by Crippen LogP contribution is 2.11. The Morgan fingerprint density at radius 3 is 2.70 bits per heavy atom. The van der Waals surface area contributed by atoms with Crippen molar-refractivity contribution in [3.05, 3.63) is 41.2 Å². The Hall–Kier alpha value is -2.57. The van der Waals surface area contributed by atoms with Crippen molar-refractivity contribution in [3.8, 4) is 0 Å². The number of nitrogens with one attached hydrogen (secondary N) is 2. The molecule has 2 aromatic rings. The molecule has 0 aliphatic rings. The Balaban J connectivity index is 1.80. The Bertz CT molecular complexity index is 582. The standard InChI is InChI=1S/C13H15N3O4/c1-8-12(9(2)20-16-8)13(18)15-7-11(17)14-6-10-4-3-5-19-10/h3-5H,6-7H2,1-2H3,(H,14,17)(H,15,18). The molecule has 106 valence electrons. The summed E-state index contributed by atoms with van der Waals surface area (Å²) in [7, 11) is 0. The second-order valence-electron chi connectivity index (χ2n) is 4.24. The number of aromatic nitrogens is 1. The third-order valence-corrected chi connectivity index (χ3v) is 2.71. The number of carbonyl (C=O) groups is 2. The van der Waals surface area contributed by atoms with Gasteiger partial charge in [-0.2, -0.15) is 0 Å². The Morgan fingerprint density at radius 2 is 2.10 bits per heavy atom. The Kier molecular flexibility index (Phi) is 4.19. The molecule has 0 radical (unpaired) electrons. The van der Waals surface area contributed by atoms with Crippen molar-refractivity contribution in [1.82, 2.24) is 15.8 Å². The molecule has 0 unspecified atom stereocenters. The molecule has 0 fully saturated rings. The fourth-order valence-corrected chi connectivity index (χ4v) is 1.72. The maximum absolute atomic E-state index is 11.9. The average molecular weight is 277 g/mol. The van der Waals surface area contributed by atoms with Crippen LogP contribution in [0.1, 0.15) is 27.6 Å². The first-order valence-corrected chi connectivity index (χ1v) is 6.08. The largest absolute Gasteiger partial charge is 0.467 e. The van der Waals surface area contributed by atoms with Gasteiger partial charge in [-0.1, -0.05) is 5.16 Å². The van der Waals surface area contributed by atoms with Gasteiger partial charge in [-0.05, 0) is 26.0 Å². The van der Waals surface area contributed by atoms with Crippen LogP contribution in [0.3, 0.4) is 0 Å². The number of furan rings is 1. The van der Waals surface area contributed by atoms with Crippen LogP contribution in [0.2, 0.25) is 0 Å². The average Bonchev–Trinajstić information content (AvgIpc) is 3.04. The summed E-state index contributed by atoms with van der Waals surface area (Å²) in [5.74, 6) is 0.391. The summed E-state index contributed by atoms with van der Waals surface area (Å²) < 4.78 is 9.97. The fraction of sp³-hybridized carbons (Fsp3) is 0.308. The summed E-state index contributed by atoms with van der Waals surface area (Å²) in [6, 6.07) is 3.49. The molecule has 20 heavy (non-hydrogen) atoms. The van der Waals surface area contributed by atoms with E-state index >= 15 is 0 Å². The lowest BCUT2D eigenvalue weighted by molar-refractivity contribution is -0.120. The lowest BCUT2D eigenvalue weighted by Crippen LogP contribution is -2.36. The molecule has 0 spiro atoms. The minimum absolute atomic E-state index is 0.121. The minimum atomic E-state index is -0.380. The number of amides is 2. The van der Waals surface area contributed by atoms with Crippen LogP contribution in [-0.2, 0) is 11.3 Å². The SMILES string of the molecule is Cc1noc(C)c1C(=O)NCC(=O)NCc1ccco1. The molecule has 0 aliphatic heterocycles. The van der Waals surface area contributed by atoms with Crippen molar-refractivity contribution in [2.24, 2.45) is 0 Å². The van der Waals surface area contributed by atoms with Gasteiger partial charge in [-0.15, -0.1) is 0 Å². The van der Waals surface area contributed by atoms with E-state index in [4.69, 9.17) is 8.94 Å². The second-order valence-corrected chi connectivity index (χ2v) is 4.24. The summed E-state index contributed by atoms with van der Waals surface area (Å²) in [4.78, 5) is 23.5. The van der Waals surface area contributed by atoms with Crippen molar-refractivity contribution in [3.63, 3.8) is 0 Å². The van der Waals surface area contributed by atoms with Crippen LogP contribution < -0.4 is 10.6 Å². The molecule has 0 bridgehead atoms. The molecule has 2 amide bonds. The Morgan fingerprint density at radius 1 is 1.30 bits per heavy atom. The van der Waals surface area contributed by atoms with Crippen molar-refractivity contribution in [1.29, 1.82) is 0 Å². The van der Waals surface area contributed by atoms with Gasteiger partial charge in [0, 0.05) is 0 Å². The third kappa shape index (κ3) is 3.25. The lowest BCUT2D eigenvalue weighted by atomic mass is 10.2. The van der Waals surface area contributed by atoms with Gasteiger partial charge in [-0.25, -0.2) is 0 Å². The van der Waals surface area contributed by atoms with E-state index in [1.165, 1.54) is 6.26 Å². The highest BCUT2D eigenvalue weighted by molar-refractivity contribution is 5.98. The summed E-state index contributed by atoms with van der Waals surface area (Å²) in [5.41, 5.74) is 0.861. The molecule has 2 rings (SSSR count). The van der Waals surface area contributed by atoms with Gasteiger partial charge in [0.15, 0.2) is 0 Å². The summed E-state index contributed by atoms with van der Waals surface area (Å²) >= 11 is 0. The van der Waals surface area contributed by atoms with E-state index in [2.05, 4.69) is 15.8 Å². The minimum Gasteiger partial charge on any atom is -0.467 e. The molecule has 2 aromatic heterocycles. The van der Waals surface area contributed by atoms with Gasteiger partial charge in [-0.3, -0.25) is 9.59 Å². The zero-order valence-corrected chi connectivity index (χ0v) is 11.2. The van der Waals surface area contributed by atoms with Crippen molar-refractivity contribution in [2.75, 3.05) is 6.54 Å². The van der Waals surface area contributed by atoms with Crippen LogP contribution in [0.4, 0.5) is 0 Å². The van der Waals surface area contributed by atoms with Crippen LogP contribution >= 0.6 is 0 Å². The summed E-state index contributed by atoms with van der Waals surface area (Å²) in [5, 5.41) is 8.83. The van der Waals surface area contributed by atoms with Crippen molar-refractivity contribution < 1.29 is 18.5 Å². The van der Waals surface area contributed by atoms with Crippen LogP contribution in [0.5, 0.6) is 0 Å². The first-order valence-electron chi connectivity index (χ1n) is 6.08. The second kappa shape index (κ2) is 6.05. The number of hydrogen-bond acceptors (Lipinski definition) is 5. The van der Waals surface area contributed by atoms with Gasteiger partial charge in [0.05, 0.1) is 25.0 Å². The van der Waals surface area contributed by atoms with Crippen LogP contribution in [0.15, 0.2) is 27.3 Å². The zero-order chi connectivity index (χ0) is 14.5. The van der Waals surface area contributed by atoms with Crippen molar-refractivity contribution >= 4 is 11.8 Å². The fourth-order valence-electron chi connectivity index (χ4n) is 1.72. The number of aryl methyl sites for hydroxylation is 2. The number of rotatable bonds is 5. The van der Waals surface area contributed by atoms with Crippen LogP contribution in [0, 0.1) is 13.8 Å². The van der Waals surface area contributed by atoms with E-state index in [1.54, 1.807) is 26.0 Å². The van der Waals surface area contributed by atoms with Gasteiger partial charge < -0.3 is 19.6 Å². The van der Waals surface area contributed by atoms with Crippen LogP contribution in [-0.4, -0.2) is 23.5 Å². The Labute approximate surface area is 115 Å². The molecule has 0 aliphatic carbocycles. The van der Waals surface area contributed by atoms with E-state index in [0.717, 1.165) is 0 Å². The molecular weight excluding hydrogens is 262 g/mol. The quantitative estimate of drug-likeness (QED) is 0.847. The third-order valence-electron chi connectivity index (χ3n) is 2.71. The maximum Gasteiger partial charge on any atom is 0.257 e. The molecule has 7 heteroatoms. The highest BCUT2D eigenvalue weighted by atomic mass is 16.5. The van der Waals surface area contributed by atoms with E-state index in [9.17, 15) is 9.59 Å². The van der Waals surface area contributed by atoms with E-state index in [-0.39, 0.29) is 24.9 Å². The predicted molar refractivity (Wildman–Crippen MR) is 68.9 cm³/mol. The first kappa shape index (κ1) is 13.9. The molecule has 2 N–H and O–H groups in total. The number of hydrogen-bond donors (Lipinski definition) is 2. The maximum atomic E-state index is 11.9. The number of carbonyl (C=O) groups excluding carboxylic acids is 2. The predicted octanol–water partition coefficient (Wildman–Crippen LogP) is 0.931. The topological polar surface area (TPSA) is 97.4 Å². The van der Waals surface area contributed by atoms with E-state index in [0.29, 0.717) is 22.8 Å².